The number of esters is 1. The highest BCUT2D eigenvalue weighted by Crippen LogP contribution is 2.37. The third-order valence-corrected chi connectivity index (χ3v) is 7.20. The van der Waals surface area contributed by atoms with Gasteiger partial charge in [-0.2, -0.15) is 5.10 Å². The van der Waals surface area contributed by atoms with Crippen LogP contribution in [-0.4, -0.2) is 32.5 Å². The molecule has 5 aromatic rings. The number of aromatic nitrogens is 2. The number of hydrogen-bond acceptors (Lipinski definition) is 5. The lowest BCUT2D eigenvalue weighted by Gasteiger charge is -2.15. The molecule has 1 aliphatic heterocycles. The second kappa shape index (κ2) is 11.5. The van der Waals surface area contributed by atoms with Gasteiger partial charge in [0.15, 0.2) is 0 Å². The molecule has 2 amide bonds. The van der Waals surface area contributed by atoms with Gasteiger partial charge >= 0.3 is 5.97 Å². The molecule has 0 radical (unpaired) electrons. The Hall–Kier alpha value is -5.50. The summed E-state index contributed by atoms with van der Waals surface area (Å²) < 4.78 is 7.23. The summed E-state index contributed by atoms with van der Waals surface area (Å²) in [5.41, 5.74) is 6.27. The fourth-order valence-corrected chi connectivity index (χ4v) is 5.19. The van der Waals surface area contributed by atoms with Crippen LogP contribution in [0.25, 0.3) is 22.3 Å². The Bertz CT molecular complexity index is 1780. The first kappa shape index (κ1) is 26.7. The van der Waals surface area contributed by atoms with Crippen LogP contribution < -0.4 is 10.1 Å². The van der Waals surface area contributed by atoms with E-state index in [0.717, 1.165) is 22.3 Å². The largest absolute Gasteiger partial charge is 0.426 e. The molecule has 0 saturated heterocycles. The Labute approximate surface area is 243 Å². The number of hydrogen-bond donors (Lipinski definition) is 1. The number of rotatable bonds is 7. The Kier molecular flexibility index (Phi) is 7.34. The fourth-order valence-electron chi connectivity index (χ4n) is 5.19. The SMILES string of the molecule is CC(=O)Oc1cc(-c2ccccc2)ccc1-c1ccccc1C(=O)Nc1ccc2c(c1)CN(C(=O)Cn1cccn1)C2. The number of nitrogens with zero attached hydrogens (tertiary/aromatic N) is 3. The van der Waals surface area contributed by atoms with E-state index >= 15 is 0 Å². The van der Waals surface area contributed by atoms with E-state index in [0.29, 0.717) is 41.2 Å². The highest BCUT2D eigenvalue weighted by molar-refractivity contribution is 6.09. The summed E-state index contributed by atoms with van der Waals surface area (Å²) in [6.45, 7) is 2.53. The molecule has 1 aromatic heterocycles. The minimum absolute atomic E-state index is 0.0173. The number of ether oxygens (including phenoxy) is 1. The van der Waals surface area contributed by atoms with Gasteiger partial charge in [0.25, 0.3) is 5.91 Å². The summed E-state index contributed by atoms with van der Waals surface area (Å²) in [6.07, 6.45) is 3.41. The lowest BCUT2D eigenvalue weighted by Crippen LogP contribution is -2.29. The van der Waals surface area contributed by atoms with E-state index in [2.05, 4.69) is 10.4 Å². The quantitative estimate of drug-likeness (QED) is 0.198. The van der Waals surface area contributed by atoms with Crippen molar-refractivity contribution < 1.29 is 19.1 Å². The van der Waals surface area contributed by atoms with Crippen molar-refractivity contribution in [1.82, 2.24) is 14.7 Å². The molecule has 8 nitrogen and oxygen atoms in total. The summed E-state index contributed by atoms with van der Waals surface area (Å²) in [4.78, 5) is 40.1. The zero-order valence-electron chi connectivity index (χ0n) is 23.0. The standard InChI is InChI=1S/C34H28N4O4/c1-23(39)42-32-19-25(24-8-3-2-4-9-24)13-15-30(32)29-10-5-6-11-31(29)34(41)36-28-14-12-26-20-37(21-27(26)18-28)33(40)22-38-17-7-16-35-38/h2-19H,20-22H2,1H3,(H,36,41). The number of anilines is 1. The van der Waals surface area contributed by atoms with Crippen LogP contribution in [0.3, 0.4) is 0 Å². The van der Waals surface area contributed by atoms with E-state index < -0.39 is 5.97 Å². The van der Waals surface area contributed by atoms with Crippen LogP contribution in [-0.2, 0) is 29.2 Å². The van der Waals surface area contributed by atoms with Crippen LogP contribution in [0.15, 0.2) is 109 Å². The van der Waals surface area contributed by atoms with Crippen molar-refractivity contribution in [2.45, 2.75) is 26.6 Å². The molecule has 1 N–H and O–H groups in total. The lowest BCUT2D eigenvalue weighted by atomic mass is 9.95. The van der Waals surface area contributed by atoms with E-state index in [1.807, 2.05) is 78.9 Å². The maximum atomic E-state index is 13.6. The van der Waals surface area contributed by atoms with Gasteiger partial charge in [-0.25, -0.2) is 0 Å². The second-order valence-electron chi connectivity index (χ2n) is 10.1. The number of carbonyl (C=O) groups is 3. The van der Waals surface area contributed by atoms with E-state index in [1.165, 1.54) is 6.92 Å². The highest BCUT2D eigenvalue weighted by atomic mass is 16.5. The first-order valence-corrected chi connectivity index (χ1v) is 13.6. The average molecular weight is 557 g/mol. The normalized spacial score (nSPS) is 12.1. The zero-order chi connectivity index (χ0) is 29.1. The van der Waals surface area contributed by atoms with Crippen molar-refractivity contribution in [3.8, 4) is 28.0 Å². The Balaban J connectivity index is 1.24. The van der Waals surface area contributed by atoms with Crippen LogP contribution in [0.4, 0.5) is 5.69 Å². The van der Waals surface area contributed by atoms with Gasteiger partial charge in [0.05, 0.1) is 0 Å². The van der Waals surface area contributed by atoms with Gasteiger partial charge in [-0.05, 0) is 64.2 Å². The van der Waals surface area contributed by atoms with Crippen molar-refractivity contribution in [3.05, 3.63) is 126 Å². The maximum Gasteiger partial charge on any atom is 0.308 e. The number of amides is 2. The molecule has 0 atom stereocenters. The monoisotopic (exact) mass is 556 g/mol. The average Bonchev–Trinajstić information content (AvgIpc) is 3.67. The molecule has 0 aliphatic carbocycles. The van der Waals surface area contributed by atoms with Gasteiger partial charge in [-0.15, -0.1) is 0 Å². The predicted octanol–water partition coefficient (Wildman–Crippen LogP) is 5.94. The molecule has 0 saturated carbocycles. The first-order chi connectivity index (χ1) is 20.4. The number of benzene rings is 4. The summed E-state index contributed by atoms with van der Waals surface area (Å²) >= 11 is 0. The van der Waals surface area contributed by atoms with Gasteiger partial charge in [0.1, 0.15) is 12.3 Å². The van der Waals surface area contributed by atoms with Gasteiger partial charge in [-0.3, -0.25) is 19.1 Å². The highest BCUT2D eigenvalue weighted by Gasteiger charge is 2.24. The van der Waals surface area contributed by atoms with Gasteiger partial charge in [0, 0.05) is 49.2 Å². The first-order valence-electron chi connectivity index (χ1n) is 13.6. The summed E-state index contributed by atoms with van der Waals surface area (Å²) in [7, 11) is 0. The van der Waals surface area contributed by atoms with Crippen LogP contribution in [0.5, 0.6) is 5.75 Å². The summed E-state index contributed by atoms with van der Waals surface area (Å²) in [5.74, 6) is -0.382. The number of carbonyl (C=O) groups excluding carboxylic acids is 3. The Morgan fingerprint density at radius 1 is 0.810 bits per heavy atom. The smallest absolute Gasteiger partial charge is 0.308 e. The van der Waals surface area contributed by atoms with E-state index in [9.17, 15) is 14.4 Å². The van der Waals surface area contributed by atoms with Gasteiger partial charge in [0.2, 0.25) is 5.91 Å². The Morgan fingerprint density at radius 2 is 1.60 bits per heavy atom. The van der Waals surface area contributed by atoms with E-state index in [-0.39, 0.29) is 18.4 Å². The second-order valence-corrected chi connectivity index (χ2v) is 10.1. The molecule has 0 spiro atoms. The van der Waals surface area contributed by atoms with Crippen molar-refractivity contribution in [2.75, 3.05) is 5.32 Å². The zero-order valence-corrected chi connectivity index (χ0v) is 23.0. The Morgan fingerprint density at radius 3 is 2.38 bits per heavy atom. The van der Waals surface area contributed by atoms with Crippen molar-refractivity contribution in [1.29, 1.82) is 0 Å². The molecule has 8 heteroatoms. The van der Waals surface area contributed by atoms with Crippen LogP contribution in [0.2, 0.25) is 0 Å². The molecule has 2 heterocycles. The minimum atomic E-state index is -0.446. The van der Waals surface area contributed by atoms with E-state index in [4.69, 9.17) is 4.74 Å². The van der Waals surface area contributed by atoms with Gasteiger partial charge in [-0.1, -0.05) is 60.7 Å². The van der Waals surface area contributed by atoms with Crippen LogP contribution in [0, 0.1) is 0 Å². The van der Waals surface area contributed by atoms with Crippen molar-refractivity contribution in [3.63, 3.8) is 0 Å². The molecule has 42 heavy (non-hydrogen) atoms. The molecule has 4 aromatic carbocycles. The van der Waals surface area contributed by atoms with Crippen LogP contribution >= 0.6 is 0 Å². The molecule has 0 fully saturated rings. The molecular weight excluding hydrogens is 528 g/mol. The lowest BCUT2D eigenvalue weighted by molar-refractivity contribution is -0.133. The third kappa shape index (κ3) is 5.69. The minimum Gasteiger partial charge on any atom is -0.426 e. The van der Waals surface area contributed by atoms with E-state index in [1.54, 1.807) is 40.2 Å². The topological polar surface area (TPSA) is 93.5 Å². The maximum absolute atomic E-state index is 13.6. The number of nitrogens with one attached hydrogen (secondary N) is 1. The third-order valence-electron chi connectivity index (χ3n) is 7.20. The van der Waals surface area contributed by atoms with Crippen molar-refractivity contribution >= 4 is 23.5 Å². The van der Waals surface area contributed by atoms with Gasteiger partial charge < -0.3 is 15.0 Å². The molecule has 6 rings (SSSR count). The molecular formula is C34H28N4O4. The van der Waals surface area contributed by atoms with Crippen LogP contribution in [0.1, 0.15) is 28.4 Å². The summed E-state index contributed by atoms with van der Waals surface area (Å²) in [6, 6.07) is 30.2. The fraction of sp³-hybridized carbons (Fsp3) is 0.118. The predicted molar refractivity (Wildman–Crippen MR) is 159 cm³/mol. The summed E-state index contributed by atoms with van der Waals surface area (Å²) in [5, 5.41) is 7.13. The molecule has 1 aliphatic rings. The molecule has 0 bridgehead atoms. The molecule has 0 unspecified atom stereocenters. The van der Waals surface area contributed by atoms with Crippen molar-refractivity contribution in [2.24, 2.45) is 0 Å². The molecule has 208 valence electrons. The number of fused-ring (bicyclic) bond motifs is 1.